The van der Waals surface area contributed by atoms with Crippen LogP contribution in [0.3, 0.4) is 0 Å². The Bertz CT molecular complexity index is 1150. The van der Waals surface area contributed by atoms with Crippen molar-refractivity contribution in [1.82, 2.24) is 0 Å². The maximum Gasteiger partial charge on any atom is 0.278 e. The van der Waals surface area contributed by atoms with Crippen LogP contribution in [-0.4, -0.2) is 0 Å². The van der Waals surface area contributed by atoms with Crippen molar-refractivity contribution < 1.29 is 8.78 Å². The third kappa shape index (κ3) is 3.88. The molecule has 0 saturated carbocycles. The normalized spacial score (nSPS) is 10.6. The molecule has 0 aromatic heterocycles. The highest BCUT2D eigenvalue weighted by molar-refractivity contribution is 5.94. The summed E-state index contributed by atoms with van der Waals surface area (Å²) in [6.07, 6.45) is -1.69. The van der Waals surface area contributed by atoms with Crippen LogP contribution in [0.2, 0.25) is 0 Å². The summed E-state index contributed by atoms with van der Waals surface area (Å²) in [5.74, 6) is 0. The van der Waals surface area contributed by atoms with Crippen LogP contribution in [0.4, 0.5) is 8.78 Å². The Morgan fingerprint density at radius 1 is 0.517 bits per heavy atom. The second-order valence-corrected chi connectivity index (χ2v) is 6.96. The van der Waals surface area contributed by atoms with Crippen LogP contribution >= 0.6 is 0 Å². The molecule has 0 radical (unpaired) electrons. The predicted octanol–water partition coefficient (Wildman–Crippen LogP) is 7.98. The number of hydrogen-bond acceptors (Lipinski definition) is 0. The lowest BCUT2D eigenvalue weighted by Gasteiger charge is -2.16. The highest BCUT2D eigenvalue weighted by Gasteiger charge is 2.19. The Hall–Kier alpha value is -3.52. The van der Waals surface area contributed by atoms with Crippen molar-refractivity contribution in [2.24, 2.45) is 0 Å². The Kier molecular flexibility index (Phi) is 5.35. The molecule has 0 atom stereocenters. The standard InChI is InChI=1S/C27H20F2/c1-19-15-17-21(18-16-19)23-12-6-8-14-25(23)26(27(28)29)24-13-7-5-11-22(24)20-9-3-2-4-10-20/h2-18H,1H3. The van der Waals surface area contributed by atoms with Gasteiger partial charge in [-0.15, -0.1) is 0 Å². The fourth-order valence-corrected chi connectivity index (χ4v) is 3.61. The zero-order valence-corrected chi connectivity index (χ0v) is 16.1. The number of aryl methyl sites for hydroxylation is 1. The van der Waals surface area contributed by atoms with Gasteiger partial charge < -0.3 is 0 Å². The lowest BCUT2D eigenvalue weighted by atomic mass is 9.87. The third-order valence-electron chi connectivity index (χ3n) is 5.03. The number of hydrogen-bond donors (Lipinski definition) is 0. The number of halogens is 2. The van der Waals surface area contributed by atoms with E-state index in [2.05, 4.69) is 0 Å². The van der Waals surface area contributed by atoms with Gasteiger partial charge in [0.2, 0.25) is 0 Å². The molecule has 0 aliphatic rings. The van der Waals surface area contributed by atoms with Gasteiger partial charge in [-0.1, -0.05) is 109 Å². The van der Waals surface area contributed by atoms with E-state index < -0.39 is 6.08 Å². The van der Waals surface area contributed by atoms with Gasteiger partial charge in [0.1, 0.15) is 0 Å². The molecule has 0 bridgehead atoms. The lowest BCUT2D eigenvalue weighted by molar-refractivity contribution is 0.426. The zero-order valence-electron chi connectivity index (χ0n) is 16.1. The molecule has 4 rings (SSSR count). The first-order valence-corrected chi connectivity index (χ1v) is 9.51. The van der Waals surface area contributed by atoms with E-state index in [1.807, 2.05) is 85.8 Å². The summed E-state index contributed by atoms with van der Waals surface area (Å²) < 4.78 is 28.8. The van der Waals surface area contributed by atoms with E-state index in [0.717, 1.165) is 27.8 Å². The molecule has 29 heavy (non-hydrogen) atoms. The highest BCUT2D eigenvalue weighted by Crippen LogP contribution is 2.39. The molecular formula is C27H20F2. The van der Waals surface area contributed by atoms with E-state index in [1.165, 1.54) is 0 Å². The quantitative estimate of drug-likeness (QED) is 0.335. The van der Waals surface area contributed by atoms with Crippen molar-refractivity contribution in [3.8, 4) is 22.3 Å². The van der Waals surface area contributed by atoms with Crippen molar-refractivity contribution in [2.45, 2.75) is 6.92 Å². The van der Waals surface area contributed by atoms with Crippen LogP contribution in [0.5, 0.6) is 0 Å². The second-order valence-electron chi connectivity index (χ2n) is 6.96. The SMILES string of the molecule is Cc1ccc(-c2ccccc2C(=C(F)F)c2ccccc2-c2ccccc2)cc1. The van der Waals surface area contributed by atoms with Crippen molar-refractivity contribution in [2.75, 3.05) is 0 Å². The molecule has 4 aromatic carbocycles. The first-order valence-electron chi connectivity index (χ1n) is 9.51. The van der Waals surface area contributed by atoms with Gasteiger partial charge in [-0.2, -0.15) is 8.78 Å². The van der Waals surface area contributed by atoms with Crippen molar-refractivity contribution in [3.05, 3.63) is 126 Å². The van der Waals surface area contributed by atoms with Crippen LogP contribution in [0, 0.1) is 6.92 Å². The molecule has 0 amide bonds. The molecule has 0 unspecified atom stereocenters. The van der Waals surface area contributed by atoms with Gasteiger partial charge in [0.05, 0.1) is 5.57 Å². The van der Waals surface area contributed by atoms with E-state index >= 15 is 0 Å². The molecule has 0 heterocycles. The minimum absolute atomic E-state index is 0.0272. The van der Waals surface area contributed by atoms with Crippen molar-refractivity contribution in [3.63, 3.8) is 0 Å². The summed E-state index contributed by atoms with van der Waals surface area (Å²) in [7, 11) is 0. The number of rotatable bonds is 4. The maximum absolute atomic E-state index is 14.4. The second kappa shape index (κ2) is 8.24. The van der Waals surface area contributed by atoms with Crippen molar-refractivity contribution in [1.29, 1.82) is 0 Å². The van der Waals surface area contributed by atoms with E-state index in [0.29, 0.717) is 11.1 Å². The summed E-state index contributed by atoms with van der Waals surface area (Å²) in [6.45, 7) is 2.01. The minimum Gasteiger partial charge on any atom is -0.173 e. The van der Waals surface area contributed by atoms with Gasteiger partial charge in [0.25, 0.3) is 6.08 Å². The molecule has 4 aromatic rings. The Labute approximate surface area is 169 Å². The van der Waals surface area contributed by atoms with E-state index in [1.54, 1.807) is 24.3 Å². The Balaban J connectivity index is 1.94. The van der Waals surface area contributed by atoms with Gasteiger partial charge in [-0.05, 0) is 40.3 Å². The average molecular weight is 382 g/mol. The predicted molar refractivity (Wildman–Crippen MR) is 117 cm³/mol. The fraction of sp³-hybridized carbons (Fsp3) is 0.0370. The van der Waals surface area contributed by atoms with Gasteiger partial charge in [0.15, 0.2) is 0 Å². The average Bonchev–Trinajstić information content (AvgIpc) is 2.76. The van der Waals surface area contributed by atoms with Crippen LogP contribution in [-0.2, 0) is 0 Å². The Morgan fingerprint density at radius 3 is 1.48 bits per heavy atom. The van der Waals surface area contributed by atoms with E-state index in [9.17, 15) is 8.78 Å². The summed E-state index contributed by atoms with van der Waals surface area (Å²) in [4.78, 5) is 0. The smallest absolute Gasteiger partial charge is 0.173 e. The van der Waals surface area contributed by atoms with Crippen LogP contribution in [0.15, 0.2) is 109 Å². The maximum atomic E-state index is 14.4. The Morgan fingerprint density at radius 2 is 0.966 bits per heavy atom. The number of benzene rings is 4. The van der Waals surface area contributed by atoms with Crippen molar-refractivity contribution >= 4 is 5.57 Å². The molecule has 0 nitrogen and oxygen atoms in total. The largest absolute Gasteiger partial charge is 0.278 e. The third-order valence-corrected chi connectivity index (χ3v) is 5.03. The van der Waals surface area contributed by atoms with Crippen LogP contribution in [0.25, 0.3) is 27.8 Å². The molecule has 0 saturated heterocycles. The van der Waals surface area contributed by atoms with Gasteiger partial charge in [-0.25, -0.2) is 0 Å². The first-order chi connectivity index (χ1) is 14.1. The van der Waals surface area contributed by atoms with Gasteiger partial charge in [-0.3, -0.25) is 0 Å². The monoisotopic (exact) mass is 382 g/mol. The zero-order chi connectivity index (χ0) is 20.2. The molecule has 0 N–H and O–H groups in total. The first kappa shape index (κ1) is 18.8. The molecular weight excluding hydrogens is 362 g/mol. The lowest BCUT2D eigenvalue weighted by Crippen LogP contribution is -1.96. The fourth-order valence-electron chi connectivity index (χ4n) is 3.61. The molecule has 0 spiro atoms. The van der Waals surface area contributed by atoms with Gasteiger partial charge >= 0.3 is 0 Å². The minimum atomic E-state index is -1.69. The van der Waals surface area contributed by atoms with Crippen LogP contribution in [0.1, 0.15) is 16.7 Å². The summed E-state index contributed by atoms with van der Waals surface area (Å²) in [6, 6.07) is 32.3. The van der Waals surface area contributed by atoms with E-state index in [4.69, 9.17) is 0 Å². The summed E-state index contributed by atoms with van der Waals surface area (Å²) >= 11 is 0. The molecule has 0 aliphatic heterocycles. The topological polar surface area (TPSA) is 0 Å². The highest BCUT2D eigenvalue weighted by atomic mass is 19.3. The van der Waals surface area contributed by atoms with Gasteiger partial charge in [0, 0.05) is 0 Å². The molecule has 0 fully saturated rings. The van der Waals surface area contributed by atoms with E-state index in [-0.39, 0.29) is 5.57 Å². The van der Waals surface area contributed by atoms with Crippen LogP contribution < -0.4 is 0 Å². The molecule has 142 valence electrons. The summed E-state index contributed by atoms with van der Waals surface area (Å²) in [5, 5.41) is 0. The summed E-state index contributed by atoms with van der Waals surface area (Å²) in [5.41, 5.74) is 5.57. The molecule has 0 aliphatic carbocycles. The molecule has 2 heteroatoms.